The molecule has 1 aromatic rings. The Labute approximate surface area is 189 Å². The zero-order valence-electron chi connectivity index (χ0n) is 18.9. The molecule has 1 fully saturated rings. The minimum Gasteiger partial charge on any atom is -0.464 e. The molecular formula is C19H29N2O11P. The average molecular weight is 492 g/mol. The number of H-pyrrole nitrogens is 1. The third-order valence-electron chi connectivity index (χ3n) is 4.45. The number of phosphoric acid groups is 1. The molecule has 0 aromatic carbocycles. The zero-order valence-corrected chi connectivity index (χ0v) is 19.8. The van der Waals surface area contributed by atoms with Gasteiger partial charge in [-0.15, -0.1) is 0 Å². The largest absolute Gasteiger partial charge is 0.475 e. The number of aryl methyl sites for hydroxylation is 1. The first-order valence-electron chi connectivity index (χ1n) is 10.4. The third kappa shape index (κ3) is 7.90. The second-order valence-corrected chi connectivity index (χ2v) is 8.82. The number of nitrogens with one attached hydrogen (secondary N) is 1. The van der Waals surface area contributed by atoms with Gasteiger partial charge in [0.15, 0.2) is 6.61 Å². The fourth-order valence-corrected chi connectivity index (χ4v) is 4.20. The molecule has 1 unspecified atom stereocenters. The summed E-state index contributed by atoms with van der Waals surface area (Å²) in [6.07, 6.45) is -0.773. The van der Waals surface area contributed by atoms with Gasteiger partial charge in [0, 0.05) is 25.1 Å². The Balaban J connectivity index is 2.15. The van der Waals surface area contributed by atoms with Crippen LogP contribution in [-0.4, -0.2) is 60.1 Å². The first-order valence-corrected chi connectivity index (χ1v) is 11.9. The molecule has 1 aliphatic heterocycles. The molecule has 1 aliphatic rings. The van der Waals surface area contributed by atoms with Crippen LogP contribution in [0.5, 0.6) is 0 Å². The number of nitrogens with zero attached hydrogens (tertiary/aromatic N) is 1. The zero-order chi connectivity index (χ0) is 24.6. The minimum absolute atomic E-state index is 0.0354. The Bertz CT molecular complexity index is 989. The van der Waals surface area contributed by atoms with E-state index < -0.39 is 62.7 Å². The molecular weight excluding hydrogens is 463 g/mol. The molecule has 1 N–H and O–H groups in total. The molecule has 0 saturated carbocycles. The maximum atomic E-state index is 12.9. The standard InChI is InChI=1S/C19H29N2O11P/c1-5-7-28-33(26,30-11-17(23)27-6-2)29-10-15-14(31-13(4)22)8-16(32-15)21-9-12(3)18(24)20-19(21)25/h9,14-16H,5-8,10-11H2,1-4H3,(H,20,24,25)/t14-,15+,16+,33?/m0/s1. The number of rotatable bonds is 12. The molecule has 0 spiro atoms. The van der Waals surface area contributed by atoms with Crippen molar-refractivity contribution in [2.24, 2.45) is 0 Å². The van der Waals surface area contributed by atoms with E-state index in [0.717, 1.165) is 4.57 Å². The van der Waals surface area contributed by atoms with Gasteiger partial charge in [-0.2, -0.15) is 0 Å². The summed E-state index contributed by atoms with van der Waals surface area (Å²) < 4.78 is 45.5. The molecule has 1 aromatic heterocycles. The van der Waals surface area contributed by atoms with Crippen molar-refractivity contribution in [1.29, 1.82) is 0 Å². The van der Waals surface area contributed by atoms with E-state index in [9.17, 15) is 23.7 Å². The van der Waals surface area contributed by atoms with Crippen LogP contribution in [0.4, 0.5) is 0 Å². The van der Waals surface area contributed by atoms with Gasteiger partial charge in [0.05, 0.1) is 19.8 Å². The van der Waals surface area contributed by atoms with Crippen molar-refractivity contribution in [1.82, 2.24) is 9.55 Å². The summed E-state index contributed by atoms with van der Waals surface area (Å²) in [5.74, 6) is -1.34. The Morgan fingerprint density at radius 1 is 1.24 bits per heavy atom. The van der Waals surface area contributed by atoms with Gasteiger partial charge in [0.25, 0.3) is 5.56 Å². The van der Waals surface area contributed by atoms with E-state index in [2.05, 4.69) is 4.98 Å². The number of aromatic nitrogens is 2. The van der Waals surface area contributed by atoms with E-state index in [1.54, 1.807) is 13.8 Å². The van der Waals surface area contributed by atoms with E-state index in [0.29, 0.717) is 6.42 Å². The van der Waals surface area contributed by atoms with Crippen molar-refractivity contribution in [2.45, 2.75) is 59.0 Å². The van der Waals surface area contributed by atoms with Crippen LogP contribution >= 0.6 is 7.82 Å². The molecule has 0 bridgehead atoms. The number of carbonyl (C=O) groups excluding carboxylic acids is 2. The van der Waals surface area contributed by atoms with Gasteiger partial charge < -0.3 is 14.2 Å². The van der Waals surface area contributed by atoms with Crippen LogP contribution in [0.15, 0.2) is 15.8 Å². The molecule has 1 saturated heterocycles. The van der Waals surface area contributed by atoms with E-state index in [1.807, 2.05) is 0 Å². The summed E-state index contributed by atoms with van der Waals surface area (Å²) in [5.41, 5.74) is -0.946. The number of ether oxygens (including phenoxy) is 3. The van der Waals surface area contributed by atoms with Gasteiger partial charge >= 0.3 is 25.5 Å². The van der Waals surface area contributed by atoms with Gasteiger partial charge in [0.1, 0.15) is 18.4 Å². The van der Waals surface area contributed by atoms with Crippen LogP contribution < -0.4 is 11.2 Å². The van der Waals surface area contributed by atoms with Crippen LogP contribution in [0.25, 0.3) is 0 Å². The highest BCUT2D eigenvalue weighted by Crippen LogP contribution is 2.50. The number of carbonyl (C=O) groups is 2. The van der Waals surface area contributed by atoms with Crippen LogP contribution in [0, 0.1) is 6.92 Å². The summed E-state index contributed by atoms with van der Waals surface area (Å²) in [4.78, 5) is 49.1. The van der Waals surface area contributed by atoms with E-state index in [1.165, 1.54) is 20.0 Å². The summed E-state index contributed by atoms with van der Waals surface area (Å²) in [7, 11) is -4.18. The molecule has 33 heavy (non-hydrogen) atoms. The SMILES string of the molecule is CCCOP(=O)(OCC(=O)OCC)OC[C@H]1O[C@@H](n2cc(C)c(=O)[nH]c2=O)C[C@@H]1OC(C)=O. The summed E-state index contributed by atoms with van der Waals surface area (Å²) in [5, 5.41) is 0. The highest BCUT2D eigenvalue weighted by molar-refractivity contribution is 7.48. The molecule has 0 radical (unpaired) electrons. The first-order chi connectivity index (χ1) is 15.6. The number of hydrogen-bond acceptors (Lipinski definition) is 11. The molecule has 13 nitrogen and oxygen atoms in total. The third-order valence-corrected chi connectivity index (χ3v) is 5.86. The fraction of sp³-hybridized carbons (Fsp3) is 0.684. The van der Waals surface area contributed by atoms with Crippen LogP contribution in [0.3, 0.4) is 0 Å². The van der Waals surface area contributed by atoms with Gasteiger partial charge in [-0.25, -0.2) is 14.2 Å². The lowest BCUT2D eigenvalue weighted by Gasteiger charge is -2.22. The van der Waals surface area contributed by atoms with E-state index in [4.69, 9.17) is 27.8 Å². The van der Waals surface area contributed by atoms with Gasteiger partial charge in [-0.05, 0) is 20.3 Å². The minimum atomic E-state index is -4.18. The highest BCUT2D eigenvalue weighted by atomic mass is 31.2. The Kier molecular flexibility index (Phi) is 9.99. The molecule has 0 aliphatic carbocycles. The van der Waals surface area contributed by atoms with Gasteiger partial charge in [-0.1, -0.05) is 6.92 Å². The van der Waals surface area contributed by atoms with Crippen molar-refractivity contribution >= 4 is 19.8 Å². The molecule has 2 rings (SSSR count). The van der Waals surface area contributed by atoms with Gasteiger partial charge in [0.2, 0.25) is 0 Å². The maximum absolute atomic E-state index is 12.9. The smallest absolute Gasteiger partial charge is 0.464 e. The normalized spacial score (nSPS) is 22.0. The van der Waals surface area contributed by atoms with Gasteiger partial charge in [-0.3, -0.25) is 32.7 Å². The topological polar surface area (TPSA) is 161 Å². The highest BCUT2D eigenvalue weighted by Gasteiger charge is 2.41. The predicted molar refractivity (Wildman–Crippen MR) is 113 cm³/mol. The molecule has 2 heterocycles. The molecule has 0 amide bonds. The molecule has 14 heteroatoms. The van der Waals surface area contributed by atoms with Crippen molar-refractivity contribution < 1.29 is 41.9 Å². The first kappa shape index (κ1) is 26.9. The monoisotopic (exact) mass is 492 g/mol. The van der Waals surface area contributed by atoms with Crippen molar-refractivity contribution in [3.63, 3.8) is 0 Å². The Morgan fingerprint density at radius 2 is 1.97 bits per heavy atom. The number of aromatic amines is 1. The summed E-state index contributed by atoms with van der Waals surface area (Å²) in [6.45, 7) is 5.23. The molecule has 4 atom stereocenters. The summed E-state index contributed by atoms with van der Waals surface area (Å²) in [6, 6.07) is 0. The summed E-state index contributed by atoms with van der Waals surface area (Å²) >= 11 is 0. The van der Waals surface area contributed by atoms with Crippen LogP contribution in [0.1, 0.15) is 45.4 Å². The van der Waals surface area contributed by atoms with Crippen molar-refractivity contribution in [3.05, 3.63) is 32.6 Å². The van der Waals surface area contributed by atoms with Crippen LogP contribution in [-0.2, 0) is 41.9 Å². The predicted octanol–water partition coefficient (Wildman–Crippen LogP) is 1.20. The van der Waals surface area contributed by atoms with Crippen molar-refractivity contribution in [3.8, 4) is 0 Å². The maximum Gasteiger partial charge on any atom is 0.475 e. The Morgan fingerprint density at radius 3 is 2.61 bits per heavy atom. The number of hydrogen-bond donors (Lipinski definition) is 1. The quantitative estimate of drug-likeness (QED) is 0.329. The average Bonchev–Trinajstić information content (AvgIpc) is 3.14. The lowest BCUT2D eigenvalue weighted by Crippen LogP contribution is -2.33. The van der Waals surface area contributed by atoms with Crippen LogP contribution in [0.2, 0.25) is 0 Å². The lowest BCUT2D eigenvalue weighted by molar-refractivity contribution is -0.151. The fourth-order valence-electron chi connectivity index (χ4n) is 2.97. The molecule has 186 valence electrons. The van der Waals surface area contributed by atoms with E-state index >= 15 is 0 Å². The Hall–Kier alpha value is -2.31. The lowest BCUT2D eigenvalue weighted by atomic mass is 10.2. The second kappa shape index (κ2) is 12.2. The number of esters is 2. The number of phosphoric ester groups is 1. The van der Waals surface area contributed by atoms with Crippen molar-refractivity contribution in [2.75, 3.05) is 26.4 Å². The van der Waals surface area contributed by atoms with E-state index in [-0.39, 0.29) is 25.2 Å². The second-order valence-electron chi connectivity index (χ2n) is 7.15.